The highest BCUT2D eigenvalue weighted by Gasteiger charge is 2.31. The van der Waals surface area contributed by atoms with Crippen molar-refractivity contribution >= 4 is 22.5 Å². The second kappa shape index (κ2) is 7.76. The molecule has 1 aromatic carbocycles. The summed E-state index contributed by atoms with van der Waals surface area (Å²) in [6.45, 7) is 2.42. The van der Waals surface area contributed by atoms with Crippen molar-refractivity contribution in [2.45, 2.75) is 37.8 Å². The van der Waals surface area contributed by atoms with Gasteiger partial charge in [0.25, 0.3) is 5.91 Å². The van der Waals surface area contributed by atoms with Gasteiger partial charge in [0, 0.05) is 56.4 Å². The summed E-state index contributed by atoms with van der Waals surface area (Å²) in [6.07, 6.45) is 9.13. The Morgan fingerprint density at radius 1 is 1.07 bits per heavy atom. The van der Waals surface area contributed by atoms with E-state index in [4.69, 9.17) is 4.98 Å². The Hall–Kier alpha value is -2.86. The number of hydrogen-bond donors (Lipinski definition) is 1. The predicted molar refractivity (Wildman–Crippen MR) is 120 cm³/mol. The lowest BCUT2D eigenvalue weighted by Crippen LogP contribution is -2.40. The van der Waals surface area contributed by atoms with E-state index in [-0.39, 0.29) is 5.91 Å². The Morgan fingerprint density at radius 2 is 1.87 bits per heavy atom. The monoisotopic (exact) mass is 403 g/mol. The SMILES string of the molecule is CN(C)C(=O)c1ccc2c(ccn2-c2ccc(NC3CCN(C4CC4)CC3)cn2)c1. The molecule has 1 amide bonds. The summed E-state index contributed by atoms with van der Waals surface area (Å²) in [4.78, 5) is 21.2. The van der Waals surface area contributed by atoms with Crippen LogP contribution in [0, 0.1) is 0 Å². The van der Waals surface area contributed by atoms with Crippen LogP contribution in [0.25, 0.3) is 16.7 Å². The van der Waals surface area contributed by atoms with Crippen molar-refractivity contribution in [1.82, 2.24) is 19.4 Å². The maximum Gasteiger partial charge on any atom is 0.253 e. The van der Waals surface area contributed by atoms with Gasteiger partial charge in [0.2, 0.25) is 0 Å². The van der Waals surface area contributed by atoms with Crippen LogP contribution in [-0.4, -0.2) is 64.5 Å². The highest BCUT2D eigenvalue weighted by molar-refractivity contribution is 5.98. The number of nitrogens with zero attached hydrogens (tertiary/aromatic N) is 4. The van der Waals surface area contributed by atoms with Crippen molar-refractivity contribution in [3.05, 3.63) is 54.4 Å². The Morgan fingerprint density at radius 3 is 2.53 bits per heavy atom. The van der Waals surface area contributed by atoms with Crippen LogP contribution in [-0.2, 0) is 0 Å². The average Bonchev–Trinajstić information content (AvgIpc) is 3.53. The standard InChI is InChI=1S/C24H29N5O/c1-27(2)24(30)18-3-7-22-17(15-18)9-14-29(22)23-8-4-20(16-25-23)26-19-10-12-28(13-11-19)21-5-6-21/h3-4,7-9,14-16,19,21,26H,5-6,10-13H2,1-2H3. The van der Waals surface area contributed by atoms with Gasteiger partial charge in [-0.15, -0.1) is 0 Å². The molecule has 30 heavy (non-hydrogen) atoms. The minimum absolute atomic E-state index is 0.0150. The van der Waals surface area contributed by atoms with Crippen molar-refractivity contribution < 1.29 is 4.79 Å². The van der Waals surface area contributed by atoms with Crippen molar-refractivity contribution in [3.8, 4) is 5.82 Å². The summed E-state index contributed by atoms with van der Waals surface area (Å²) < 4.78 is 2.07. The third-order valence-electron chi connectivity index (χ3n) is 6.30. The van der Waals surface area contributed by atoms with E-state index in [1.165, 1.54) is 38.8 Å². The summed E-state index contributed by atoms with van der Waals surface area (Å²) in [6, 6.07) is 13.4. The average molecular weight is 404 g/mol. The molecule has 1 N–H and O–H groups in total. The molecule has 0 atom stereocenters. The molecule has 5 rings (SSSR count). The lowest BCUT2D eigenvalue weighted by Gasteiger charge is -2.32. The summed E-state index contributed by atoms with van der Waals surface area (Å²) in [5.74, 6) is 0.895. The molecule has 0 bridgehead atoms. The minimum atomic E-state index is 0.0150. The fraction of sp³-hybridized carbons (Fsp3) is 0.417. The zero-order valence-corrected chi connectivity index (χ0v) is 17.7. The number of nitrogens with one attached hydrogen (secondary N) is 1. The molecule has 1 saturated heterocycles. The quantitative estimate of drug-likeness (QED) is 0.705. The molecule has 6 heteroatoms. The van der Waals surface area contributed by atoms with E-state index in [1.54, 1.807) is 19.0 Å². The first-order valence-electron chi connectivity index (χ1n) is 10.9. The third kappa shape index (κ3) is 3.79. The van der Waals surface area contributed by atoms with Gasteiger partial charge in [-0.2, -0.15) is 0 Å². The molecule has 2 fully saturated rings. The third-order valence-corrected chi connectivity index (χ3v) is 6.30. The van der Waals surface area contributed by atoms with Crippen LogP contribution in [0.4, 0.5) is 5.69 Å². The van der Waals surface area contributed by atoms with Crippen molar-refractivity contribution in [3.63, 3.8) is 0 Å². The van der Waals surface area contributed by atoms with Crippen LogP contribution in [0.3, 0.4) is 0 Å². The maximum absolute atomic E-state index is 12.2. The van der Waals surface area contributed by atoms with Crippen LogP contribution in [0.15, 0.2) is 48.8 Å². The smallest absolute Gasteiger partial charge is 0.253 e. The van der Waals surface area contributed by atoms with E-state index in [0.29, 0.717) is 11.6 Å². The zero-order chi connectivity index (χ0) is 20.7. The fourth-order valence-corrected chi connectivity index (χ4v) is 4.43. The summed E-state index contributed by atoms with van der Waals surface area (Å²) in [7, 11) is 3.54. The van der Waals surface area contributed by atoms with Gasteiger partial charge in [-0.1, -0.05) is 0 Å². The van der Waals surface area contributed by atoms with Crippen LogP contribution in [0.1, 0.15) is 36.0 Å². The van der Waals surface area contributed by atoms with Gasteiger partial charge in [-0.3, -0.25) is 4.79 Å². The molecule has 2 aromatic heterocycles. The van der Waals surface area contributed by atoms with Crippen LogP contribution in [0.2, 0.25) is 0 Å². The Labute approximate surface area is 177 Å². The van der Waals surface area contributed by atoms with Crippen LogP contribution < -0.4 is 5.32 Å². The molecule has 156 valence electrons. The number of fused-ring (bicyclic) bond motifs is 1. The molecular formula is C24H29N5O. The maximum atomic E-state index is 12.2. The number of piperidine rings is 1. The van der Waals surface area contributed by atoms with E-state index in [9.17, 15) is 4.79 Å². The predicted octanol–water partition coefficient (Wildman–Crippen LogP) is 3.77. The van der Waals surface area contributed by atoms with E-state index in [1.807, 2.05) is 36.7 Å². The highest BCUT2D eigenvalue weighted by Crippen LogP contribution is 2.30. The number of rotatable bonds is 5. The second-order valence-corrected chi connectivity index (χ2v) is 8.75. The molecule has 2 aliphatic rings. The van der Waals surface area contributed by atoms with Crippen LogP contribution >= 0.6 is 0 Å². The first kappa shape index (κ1) is 19.1. The Kier molecular flexibility index (Phi) is 4.95. The molecule has 3 aromatic rings. The number of amides is 1. The lowest BCUT2D eigenvalue weighted by atomic mass is 10.0. The summed E-state index contributed by atoms with van der Waals surface area (Å²) in [5.41, 5.74) is 2.83. The second-order valence-electron chi connectivity index (χ2n) is 8.75. The van der Waals surface area contributed by atoms with E-state index < -0.39 is 0 Å². The van der Waals surface area contributed by atoms with Gasteiger partial charge in [0.1, 0.15) is 5.82 Å². The highest BCUT2D eigenvalue weighted by atomic mass is 16.2. The van der Waals surface area contributed by atoms with Gasteiger partial charge in [0.15, 0.2) is 0 Å². The van der Waals surface area contributed by atoms with E-state index in [0.717, 1.165) is 28.5 Å². The Bertz CT molecular complexity index is 1040. The van der Waals surface area contributed by atoms with Crippen molar-refractivity contribution in [1.29, 1.82) is 0 Å². The van der Waals surface area contributed by atoms with Gasteiger partial charge in [-0.25, -0.2) is 4.98 Å². The molecule has 1 saturated carbocycles. The molecule has 0 unspecified atom stereocenters. The molecule has 3 heterocycles. The number of hydrogen-bond acceptors (Lipinski definition) is 4. The van der Waals surface area contributed by atoms with Gasteiger partial charge in [0.05, 0.1) is 17.4 Å². The number of pyridine rings is 1. The van der Waals surface area contributed by atoms with Gasteiger partial charge in [-0.05, 0) is 62.1 Å². The molecule has 6 nitrogen and oxygen atoms in total. The topological polar surface area (TPSA) is 53.4 Å². The van der Waals surface area contributed by atoms with Gasteiger partial charge < -0.3 is 19.7 Å². The number of carbonyl (C=O) groups is 1. The largest absolute Gasteiger partial charge is 0.381 e. The Balaban J connectivity index is 1.28. The minimum Gasteiger partial charge on any atom is -0.381 e. The normalized spacial score (nSPS) is 17.9. The van der Waals surface area contributed by atoms with Crippen LogP contribution in [0.5, 0.6) is 0 Å². The zero-order valence-electron chi connectivity index (χ0n) is 17.7. The number of aromatic nitrogens is 2. The van der Waals surface area contributed by atoms with Crippen molar-refractivity contribution in [2.75, 3.05) is 32.5 Å². The molecule has 0 spiro atoms. The number of likely N-dealkylation sites (tertiary alicyclic amines) is 1. The van der Waals surface area contributed by atoms with Crippen molar-refractivity contribution in [2.24, 2.45) is 0 Å². The lowest BCUT2D eigenvalue weighted by molar-refractivity contribution is 0.0828. The van der Waals surface area contributed by atoms with E-state index in [2.05, 4.69) is 26.9 Å². The molecule has 0 radical (unpaired) electrons. The summed E-state index contributed by atoms with van der Waals surface area (Å²) in [5, 5.41) is 4.70. The molecule has 1 aliphatic heterocycles. The first-order valence-corrected chi connectivity index (χ1v) is 10.9. The fourth-order valence-electron chi connectivity index (χ4n) is 4.43. The van der Waals surface area contributed by atoms with Gasteiger partial charge >= 0.3 is 0 Å². The first-order chi connectivity index (χ1) is 14.6. The number of carbonyl (C=O) groups excluding carboxylic acids is 1. The summed E-state index contributed by atoms with van der Waals surface area (Å²) >= 11 is 0. The molecular weight excluding hydrogens is 374 g/mol. The number of anilines is 1. The number of benzene rings is 1. The van der Waals surface area contributed by atoms with E-state index >= 15 is 0 Å². The molecule has 1 aliphatic carbocycles.